The molecule has 0 radical (unpaired) electrons. The van der Waals surface area contributed by atoms with E-state index < -0.39 is 5.91 Å². The van der Waals surface area contributed by atoms with E-state index in [2.05, 4.69) is 0 Å². The van der Waals surface area contributed by atoms with Crippen LogP contribution in [0.4, 0.5) is 9.18 Å². The molecule has 0 N–H and O–H groups in total. The number of thioether (sulfide) groups is 1. The summed E-state index contributed by atoms with van der Waals surface area (Å²) in [6.07, 6.45) is 1.58. The average molecular weight is 528 g/mol. The summed E-state index contributed by atoms with van der Waals surface area (Å²) in [5.41, 5.74) is 0.942. The second kappa shape index (κ2) is 12.0. The lowest BCUT2D eigenvalue weighted by atomic mass is 10.1. The first-order valence-corrected chi connectivity index (χ1v) is 12.4. The topological polar surface area (TPSA) is 65.1 Å². The van der Waals surface area contributed by atoms with Gasteiger partial charge < -0.3 is 14.2 Å². The molecule has 0 bridgehead atoms. The van der Waals surface area contributed by atoms with E-state index in [1.807, 2.05) is 25.1 Å². The van der Waals surface area contributed by atoms with Gasteiger partial charge in [-0.05, 0) is 60.7 Å². The lowest BCUT2D eigenvalue weighted by Gasteiger charge is -2.15. The normalized spacial score (nSPS) is 14.4. The minimum atomic E-state index is -0.407. The van der Waals surface area contributed by atoms with Crippen LogP contribution in [0.5, 0.6) is 17.2 Å². The molecule has 1 aliphatic rings. The number of ether oxygens (including phenoxy) is 3. The number of para-hydroxylation sites is 1. The predicted octanol–water partition coefficient (Wildman–Crippen LogP) is 6.57. The first-order valence-electron chi connectivity index (χ1n) is 11.2. The highest BCUT2D eigenvalue weighted by Gasteiger charge is 2.35. The molecule has 3 aromatic carbocycles. The van der Waals surface area contributed by atoms with Crippen molar-refractivity contribution in [2.75, 3.05) is 19.8 Å². The second-order valence-electron chi connectivity index (χ2n) is 7.64. The molecule has 0 aliphatic carbocycles. The Labute approximate surface area is 217 Å². The van der Waals surface area contributed by atoms with Crippen molar-refractivity contribution in [3.63, 3.8) is 0 Å². The third-order valence-electron chi connectivity index (χ3n) is 5.16. The molecule has 0 saturated carbocycles. The molecule has 0 spiro atoms. The minimum absolute atomic E-state index is 0.0320. The summed E-state index contributed by atoms with van der Waals surface area (Å²) in [5, 5.41) is -0.136. The highest BCUT2D eigenvalue weighted by atomic mass is 35.5. The molecule has 1 heterocycles. The number of imide groups is 1. The Balaban J connectivity index is 1.47. The number of nitrogens with zero attached hydrogens (tertiary/aromatic N) is 1. The second-order valence-corrected chi connectivity index (χ2v) is 9.04. The standard InChI is InChI=1S/C27H23ClFNO5S/c1-2-33-23-15-18(14-21(28)25(23)35-17-19-8-6-7-11-22(19)29)16-24-26(31)30(27(32)36-24)12-13-34-20-9-4-3-5-10-20/h3-11,14-16H,2,12-13,17H2,1H3/b24-16-. The maximum absolute atomic E-state index is 14.0. The van der Waals surface area contributed by atoms with Gasteiger partial charge in [0.05, 0.1) is 23.1 Å². The molecule has 2 amide bonds. The van der Waals surface area contributed by atoms with Gasteiger partial charge >= 0.3 is 0 Å². The number of carbonyl (C=O) groups excluding carboxylic acids is 2. The molecule has 9 heteroatoms. The smallest absolute Gasteiger partial charge is 0.293 e. The zero-order valence-electron chi connectivity index (χ0n) is 19.4. The van der Waals surface area contributed by atoms with Gasteiger partial charge in [0.1, 0.15) is 24.8 Å². The van der Waals surface area contributed by atoms with Crippen LogP contribution in [-0.2, 0) is 11.4 Å². The molecule has 36 heavy (non-hydrogen) atoms. The van der Waals surface area contributed by atoms with Crippen LogP contribution in [0.1, 0.15) is 18.1 Å². The van der Waals surface area contributed by atoms with Gasteiger partial charge in [-0.25, -0.2) is 4.39 Å². The number of hydrogen-bond donors (Lipinski definition) is 0. The van der Waals surface area contributed by atoms with Crippen LogP contribution >= 0.6 is 23.4 Å². The molecule has 1 aliphatic heterocycles. The molecule has 186 valence electrons. The van der Waals surface area contributed by atoms with E-state index >= 15 is 0 Å². The Kier molecular flexibility index (Phi) is 8.51. The van der Waals surface area contributed by atoms with E-state index in [1.165, 1.54) is 6.07 Å². The lowest BCUT2D eigenvalue weighted by Crippen LogP contribution is -2.32. The van der Waals surface area contributed by atoms with Crippen molar-refractivity contribution in [2.45, 2.75) is 13.5 Å². The molecule has 1 saturated heterocycles. The van der Waals surface area contributed by atoms with E-state index in [0.29, 0.717) is 29.2 Å². The quantitative estimate of drug-likeness (QED) is 0.278. The zero-order chi connectivity index (χ0) is 25.5. The molecule has 4 rings (SSSR count). The Bertz CT molecular complexity index is 1280. The largest absolute Gasteiger partial charge is 0.492 e. The number of benzene rings is 3. The van der Waals surface area contributed by atoms with Gasteiger partial charge in [-0.1, -0.05) is 48.0 Å². The number of rotatable bonds is 10. The third-order valence-corrected chi connectivity index (χ3v) is 6.35. The maximum Gasteiger partial charge on any atom is 0.293 e. The summed E-state index contributed by atoms with van der Waals surface area (Å²) in [4.78, 5) is 26.7. The van der Waals surface area contributed by atoms with Crippen molar-refractivity contribution in [3.05, 3.63) is 93.6 Å². The van der Waals surface area contributed by atoms with Crippen LogP contribution in [0.25, 0.3) is 6.08 Å². The fraction of sp³-hybridized carbons (Fsp3) is 0.185. The van der Waals surface area contributed by atoms with Crippen molar-refractivity contribution in [1.82, 2.24) is 4.90 Å². The maximum atomic E-state index is 14.0. The number of amides is 2. The predicted molar refractivity (Wildman–Crippen MR) is 138 cm³/mol. The van der Waals surface area contributed by atoms with Gasteiger partial charge in [0.15, 0.2) is 11.5 Å². The summed E-state index contributed by atoms with van der Waals surface area (Å²) in [5.74, 6) is 0.493. The molecular formula is C27H23ClFNO5S. The van der Waals surface area contributed by atoms with E-state index in [0.717, 1.165) is 16.7 Å². The van der Waals surface area contributed by atoms with Gasteiger partial charge in [-0.3, -0.25) is 14.5 Å². The summed E-state index contributed by atoms with van der Waals surface area (Å²) < 4.78 is 31.0. The SMILES string of the molecule is CCOc1cc(/C=C2\SC(=O)N(CCOc3ccccc3)C2=O)cc(Cl)c1OCc1ccccc1F. The van der Waals surface area contributed by atoms with E-state index in [1.54, 1.807) is 48.5 Å². The van der Waals surface area contributed by atoms with Crippen LogP contribution in [0.2, 0.25) is 5.02 Å². The van der Waals surface area contributed by atoms with Gasteiger partial charge in [0, 0.05) is 5.56 Å². The average Bonchev–Trinajstić information content (AvgIpc) is 3.12. The first kappa shape index (κ1) is 25.6. The molecule has 0 unspecified atom stereocenters. The minimum Gasteiger partial charge on any atom is -0.492 e. The van der Waals surface area contributed by atoms with Crippen LogP contribution in [0.15, 0.2) is 71.6 Å². The van der Waals surface area contributed by atoms with Crippen molar-refractivity contribution < 1.29 is 28.2 Å². The fourth-order valence-corrected chi connectivity index (χ4v) is 4.59. The number of hydrogen-bond acceptors (Lipinski definition) is 6. The monoisotopic (exact) mass is 527 g/mol. The molecule has 3 aromatic rings. The third kappa shape index (κ3) is 6.19. The van der Waals surface area contributed by atoms with E-state index in [9.17, 15) is 14.0 Å². The van der Waals surface area contributed by atoms with Gasteiger partial charge in [-0.2, -0.15) is 0 Å². The molecule has 0 aromatic heterocycles. The molecule has 0 atom stereocenters. The zero-order valence-corrected chi connectivity index (χ0v) is 21.0. The van der Waals surface area contributed by atoms with Crippen molar-refractivity contribution in [1.29, 1.82) is 0 Å². The molecule has 6 nitrogen and oxygen atoms in total. The Morgan fingerprint density at radius 2 is 1.75 bits per heavy atom. The first-order chi connectivity index (χ1) is 17.5. The fourth-order valence-electron chi connectivity index (χ4n) is 3.46. The van der Waals surface area contributed by atoms with Gasteiger partial charge in [-0.15, -0.1) is 0 Å². The van der Waals surface area contributed by atoms with Crippen LogP contribution < -0.4 is 14.2 Å². The van der Waals surface area contributed by atoms with Gasteiger partial charge in [0.2, 0.25) is 0 Å². The number of halogens is 2. The van der Waals surface area contributed by atoms with E-state index in [4.69, 9.17) is 25.8 Å². The van der Waals surface area contributed by atoms with Crippen LogP contribution in [0.3, 0.4) is 0 Å². The summed E-state index contributed by atoms with van der Waals surface area (Å²) in [6, 6.07) is 18.7. The highest BCUT2D eigenvalue weighted by molar-refractivity contribution is 8.18. The summed E-state index contributed by atoms with van der Waals surface area (Å²) >= 11 is 7.32. The number of carbonyl (C=O) groups is 2. The lowest BCUT2D eigenvalue weighted by molar-refractivity contribution is -0.123. The molecular weight excluding hydrogens is 505 g/mol. The Morgan fingerprint density at radius 1 is 1.00 bits per heavy atom. The molecule has 1 fully saturated rings. The van der Waals surface area contributed by atoms with Crippen molar-refractivity contribution >= 4 is 40.6 Å². The Hall–Kier alpha value is -3.49. The van der Waals surface area contributed by atoms with Crippen molar-refractivity contribution in [2.24, 2.45) is 0 Å². The van der Waals surface area contributed by atoms with Crippen LogP contribution in [-0.4, -0.2) is 35.8 Å². The van der Waals surface area contributed by atoms with Crippen LogP contribution in [0, 0.1) is 5.82 Å². The van der Waals surface area contributed by atoms with Gasteiger partial charge in [0.25, 0.3) is 11.1 Å². The summed E-state index contributed by atoms with van der Waals surface area (Å²) in [6.45, 7) is 2.43. The van der Waals surface area contributed by atoms with E-state index in [-0.39, 0.29) is 46.5 Å². The van der Waals surface area contributed by atoms with Crippen molar-refractivity contribution in [3.8, 4) is 17.2 Å². The summed E-state index contributed by atoms with van der Waals surface area (Å²) in [7, 11) is 0. The highest BCUT2D eigenvalue weighted by Crippen LogP contribution is 2.39. The Morgan fingerprint density at radius 3 is 2.50 bits per heavy atom.